The van der Waals surface area contributed by atoms with Gasteiger partial charge in [-0.2, -0.15) is 0 Å². The first-order valence-electron chi connectivity index (χ1n) is 7.17. The average molecular weight is 309 g/mol. The normalized spacial score (nSPS) is 10.3. The summed E-state index contributed by atoms with van der Waals surface area (Å²) in [5, 5.41) is 13.3. The van der Waals surface area contributed by atoms with E-state index in [0.29, 0.717) is 5.75 Å². The Morgan fingerprint density at radius 2 is 1.96 bits per heavy atom. The molecule has 23 heavy (non-hydrogen) atoms. The van der Waals surface area contributed by atoms with Crippen molar-refractivity contribution in [3.63, 3.8) is 0 Å². The van der Waals surface area contributed by atoms with Crippen LogP contribution in [0.15, 0.2) is 66.9 Å². The third-order valence-corrected chi connectivity index (χ3v) is 3.05. The predicted octanol–water partition coefficient (Wildman–Crippen LogP) is 2.96. The lowest BCUT2D eigenvalue weighted by Gasteiger charge is -2.06. The highest BCUT2D eigenvalue weighted by atomic mass is 16.5. The van der Waals surface area contributed by atoms with E-state index in [1.54, 1.807) is 19.4 Å². The summed E-state index contributed by atoms with van der Waals surface area (Å²) >= 11 is 0. The smallest absolute Gasteiger partial charge is 0.229 e. The second-order valence-corrected chi connectivity index (χ2v) is 4.83. The largest absolute Gasteiger partial charge is 0.497 e. The highest BCUT2D eigenvalue weighted by Crippen LogP contribution is 2.12. The lowest BCUT2D eigenvalue weighted by molar-refractivity contribution is -0.119. The molecule has 118 valence electrons. The summed E-state index contributed by atoms with van der Waals surface area (Å²) < 4.78 is 5.12. The lowest BCUT2D eigenvalue weighted by atomic mass is 10.1. The summed E-state index contributed by atoms with van der Waals surface area (Å²) in [6, 6.07) is 16.9. The van der Waals surface area contributed by atoms with Gasteiger partial charge in [0.1, 0.15) is 11.6 Å². The number of nitrogens with one attached hydrogen (secondary N) is 3. The molecule has 0 spiro atoms. The molecule has 1 amide bonds. The van der Waals surface area contributed by atoms with Gasteiger partial charge in [0.25, 0.3) is 0 Å². The van der Waals surface area contributed by atoms with Crippen LogP contribution in [-0.4, -0.2) is 18.9 Å². The summed E-state index contributed by atoms with van der Waals surface area (Å²) in [4.78, 5) is 11.9. The molecule has 0 aliphatic heterocycles. The van der Waals surface area contributed by atoms with Gasteiger partial charge in [0, 0.05) is 11.9 Å². The molecule has 0 saturated heterocycles. The monoisotopic (exact) mass is 309 g/mol. The Morgan fingerprint density at radius 3 is 2.70 bits per heavy atom. The van der Waals surface area contributed by atoms with E-state index in [9.17, 15) is 4.79 Å². The maximum atomic E-state index is 11.9. The van der Waals surface area contributed by atoms with Crippen molar-refractivity contribution in [1.29, 1.82) is 5.41 Å². The number of anilines is 1. The SMILES string of the molecule is COc1cccc(CC(=O)NC(=N)/C=C\Nc2ccccc2)c1. The molecule has 2 aromatic carbocycles. The molecular weight excluding hydrogens is 290 g/mol. The van der Waals surface area contributed by atoms with Crippen molar-refractivity contribution in [3.05, 3.63) is 72.4 Å². The summed E-state index contributed by atoms with van der Waals surface area (Å²) in [5.41, 5.74) is 1.75. The van der Waals surface area contributed by atoms with Gasteiger partial charge in [0.15, 0.2) is 0 Å². The van der Waals surface area contributed by atoms with Gasteiger partial charge in [0.2, 0.25) is 5.91 Å². The van der Waals surface area contributed by atoms with Crippen molar-refractivity contribution >= 4 is 17.4 Å². The summed E-state index contributed by atoms with van der Waals surface area (Å²) in [5.74, 6) is 0.492. The molecular formula is C18H19N3O2. The first-order chi connectivity index (χ1) is 11.2. The molecule has 0 atom stereocenters. The highest BCUT2D eigenvalue weighted by Gasteiger charge is 2.05. The van der Waals surface area contributed by atoms with E-state index in [1.165, 1.54) is 6.08 Å². The van der Waals surface area contributed by atoms with Gasteiger partial charge in [0.05, 0.1) is 13.5 Å². The number of carbonyl (C=O) groups excluding carboxylic acids is 1. The van der Waals surface area contributed by atoms with Crippen LogP contribution >= 0.6 is 0 Å². The molecule has 2 rings (SSSR count). The molecule has 0 saturated carbocycles. The zero-order chi connectivity index (χ0) is 16.5. The van der Waals surface area contributed by atoms with E-state index < -0.39 is 0 Å². The van der Waals surface area contributed by atoms with Gasteiger partial charge >= 0.3 is 0 Å². The quantitative estimate of drug-likeness (QED) is 0.567. The summed E-state index contributed by atoms with van der Waals surface area (Å²) in [7, 11) is 1.58. The van der Waals surface area contributed by atoms with E-state index >= 15 is 0 Å². The Balaban J connectivity index is 1.81. The number of carbonyl (C=O) groups is 1. The zero-order valence-corrected chi connectivity index (χ0v) is 12.9. The molecule has 0 bridgehead atoms. The number of benzene rings is 2. The second-order valence-electron chi connectivity index (χ2n) is 4.83. The molecule has 0 unspecified atom stereocenters. The topological polar surface area (TPSA) is 74.2 Å². The van der Waals surface area contributed by atoms with Crippen LogP contribution in [0, 0.1) is 5.41 Å². The fourth-order valence-electron chi connectivity index (χ4n) is 1.96. The van der Waals surface area contributed by atoms with Gasteiger partial charge < -0.3 is 15.4 Å². The van der Waals surface area contributed by atoms with Gasteiger partial charge in [-0.05, 0) is 35.9 Å². The number of ether oxygens (including phenoxy) is 1. The van der Waals surface area contributed by atoms with Crippen LogP contribution in [0.2, 0.25) is 0 Å². The van der Waals surface area contributed by atoms with Gasteiger partial charge in [-0.3, -0.25) is 10.2 Å². The fourth-order valence-corrected chi connectivity index (χ4v) is 1.96. The Kier molecular flexibility index (Phi) is 5.94. The summed E-state index contributed by atoms with van der Waals surface area (Å²) in [6.07, 6.45) is 3.31. The highest BCUT2D eigenvalue weighted by molar-refractivity contribution is 6.03. The standard InChI is InChI=1S/C18H19N3O2/c1-23-16-9-5-6-14(12-16)13-18(22)21-17(19)10-11-20-15-7-3-2-4-8-15/h2-12,20H,13H2,1H3,(H2,19,21,22)/b11-10-. The number of rotatable bonds is 6. The van der Waals surface area contributed by atoms with Crippen molar-refractivity contribution in [2.75, 3.05) is 12.4 Å². The third-order valence-electron chi connectivity index (χ3n) is 3.05. The predicted molar refractivity (Wildman–Crippen MR) is 91.8 cm³/mol. The number of para-hydroxylation sites is 1. The first-order valence-corrected chi connectivity index (χ1v) is 7.17. The number of amides is 1. The van der Waals surface area contributed by atoms with E-state index in [-0.39, 0.29) is 18.2 Å². The number of hydrogen-bond acceptors (Lipinski definition) is 4. The van der Waals surface area contributed by atoms with Crippen LogP contribution in [0.4, 0.5) is 5.69 Å². The van der Waals surface area contributed by atoms with E-state index in [4.69, 9.17) is 10.1 Å². The lowest BCUT2D eigenvalue weighted by Crippen LogP contribution is -2.29. The molecule has 0 fully saturated rings. The van der Waals surface area contributed by atoms with E-state index in [1.807, 2.05) is 48.5 Å². The van der Waals surface area contributed by atoms with Crippen LogP contribution < -0.4 is 15.4 Å². The van der Waals surface area contributed by atoms with Crippen LogP contribution in [0.5, 0.6) is 5.75 Å². The maximum absolute atomic E-state index is 11.9. The average Bonchev–Trinajstić information content (AvgIpc) is 2.56. The molecule has 3 N–H and O–H groups in total. The Labute approximate surface area is 135 Å². The fraction of sp³-hybridized carbons (Fsp3) is 0.111. The molecule has 0 aliphatic rings. The Morgan fingerprint density at radius 1 is 1.17 bits per heavy atom. The third kappa shape index (κ3) is 5.67. The van der Waals surface area contributed by atoms with Crippen molar-refractivity contribution in [2.24, 2.45) is 0 Å². The maximum Gasteiger partial charge on any atom is 0.229 e. The molecule has 0 aliphatic carbocycles. The Bertz CT molecular complexity index is 696. The van der Waals surface area contributed by atoms with Gasteiger partial charge in [-0.25, -0.2) is 0 Å². The van der Waals surface area contributed by atoms with E-state index in [0.717, 1.165) is 11.3 Å². The van der Waals surface area contributed by atoms with Crippen LogP contribution in [0.25, 0.3) is 0 Å². The van der Waals surface area contributed by atoms with Gasteiger partial charge in [-0.15, -0.1) is 0 Å². The van der Waals surface area contributed by atoms with Crippen LogP contribution in [-0.2, 0) is 11.2 Å². The molecule has 5 heteroatoms. The Hall–Kier alpha value is -3.08. The van der Waals surface area contributed by atoms with Crippen molar-refractivity contribution in [1.82, 2.24) is 5.32 Å². The van der Waals surface area contributed by atoms with Crippen LogP contribution in [0.3, 0.4) is 0 Å². The molecule has 2 aromatic rings. The van der Waals surface area contributed by atoms with Gasteiger partial charge in [-0.1, -0.05) is 30.3 Å². The minimum Gasteiger partial charge on any atom is -0.497 e. The second kappa shape index (κ2) is 8.38. The zero-order valence-electron chi connectivity index (χ0n) is 12.9. The van der Waals surface area contributed by atoms with Crippen molar-refractivity contribution < 1.29 is 9.53 Å². The first kappa shape index (κ1) is 16.3. The van der Waals surface area contributed by atoms with Crippen molar-refractivity contribution in [3.8, 4) is 5.75 Å². The molecule has 0 radical (unpaired) electrons. The van der Waals surface area contributed by atoms with Crippen molar-refractivity contribution in [2.45, 2.75) is 6.42 Å². The minimum atomic E-state index is -0.243. The number of amidine groups is 1. The molecule has 0 aromatic heterocycles. The number of hydrogen-bond donors (Lipinski definition) is 3. The molecule has 0 heterocycles. The number of methoxy groups -OCH3 is 1. The van der Waals surface area contributed by atoms with Crippen LogP contribution in [0.1, 0.15) is 5.56 Å². The van der Waals surface area contributed by atoms with E-state index in [2.05, 4.69) is 10.6 Å². The molecule has 5 nitrogen and oxygen atoms in total. The summed E-state index contributed by atoms with van der Waals surface area (Å²) in [6.45, 7) is 0. The minimum absolute atomic E-state index is 0.0290.